The molecule has 1 unspecified atom stereocenters. The molecule has 1 aliphatic rings. The van der Waals surface area contributed by atoms with Gasteiger partial charge in [0.25, 0.3) is 5.91 Å². The van der Waals surface area contributed by atoms with Crippen molar-refractivity contribution in [2.45, 2.75) is 18.9 Å². The first-order valence-electron chi connectivity index (χ1n) is 7.58. The molecule has 0 bridgehead atoms. The monoisotopic (exact) mass is 363 g/mol. The van der Waals surface area contributed by atoms with E-state index in [-0.39, 0.29) is 17.0 Å². The van der Waals surface area contributed by atoms with Crippen molar-refractivity contribution in [2.24, 2.45) is 0 Å². The van der Waals surface area contributed by atoms with Gasteiger partial charge in [-0.25, -0.2) is 9.18 Å². The highest BCUT2D eigenvalue weighted by Crippen LogP contribution is 2.32. The number of fused-ring (bicyclic) bond motifs is 1. The quantitative estimate of drug-likeness (QED) is 0.875. The Kier molecular flexibility index (Phi) is 4.85. The molecule has 0 aliphatic heterocycles. The maximum atomic E-state index is 13.2. The maximum absolute atomic E-state index is 13.2. The van der Waals surface area contributed by atoms with Gasteiger partial charge in [0.15, 0.2) is 0 Å². The van der Waals surface area contributed by atoms with Crippen LogP contribution in [0, 0.1) is 5.82 Å². The fourth-order valence-electron chi connectivity index (χ4n) is 2.82. The van der Waals surface area contributed by atoms with Crippen LogP contribution in [0.3, 0.4) is 0 Å². The van der Waals surface area contributed by atoms with Crippen molar-refractivity contribution in [3.05, 3.63) is 58.1 Å². The topological polar surface area (TPSA) is 80.3 Å². The molecule has 1 heterocycles. The van der Waals surface area contributed by atoms with Crippen molar-refractivity contribution in [3.63, 3.8) is 0 Å². The van der Waals surface area contributed by atoms with Gasteiger partial charge in [-0.1, -0.05) is 11.6 Å². The minimum Gasteiger partial charge on any atom is -0.453 e. The molecule has 8 heteroatoms. The van der Waals surface area contributed by atoms with Crippen molar-refractivity contribution < 1.29 is 18.7 Å². The number of alkyl carbamates (subject to hydrolysis) is 1. The lowest BCUT2D eigenvalue weighted by atomic mass is 10.1. The Morgan fingerprint density at radius 3 is 2.88 bits per heavy atom. The average molecular weight is 364 g/mol. The molecule has 1 aromatic heterocycles. The fourth-order valence-corrected chi connectivity index (χ4v) is 3.00. The standard InChI is InChI=1S/C17H15ClFN3O3/c1-25-17(24)22-14-5-3-10-11(6-7-20-15(10)14)16(23)21-9-2-4-13(19)12(18)8-9/h2,4,6-8,14H,3,5H2,1H3,(H,21,23)(H,22,24). The molecule has 0 spiro atoms. The summed E-state index contributed by atoms with van der Waals surface area (Å²) >= 11 is 5.73. The number of ether oxygens (including phenoxy) is 1. The second-order valence-corrected chi connectivity index (χ2v) is 5.94. The molecule has 1 atom stereocenters. The molecule has 0 radical (unpaired) electrons. The first-order valence-corrected chi connectivity index (χ1v) is 7.96. The lowest BCUT2D eigenvalue weighted by Crippen LogP contribution is -2.27. The van der Waals surface area contributed by atoms with E-state index < -0.39 is 11.9 Å². The Morgan fingerprint density at radius 2 is 2.16 bits per heavy atom. The van der Waals surface area contributed by atoms with Gasteiger partial charge in [-0.2, -0.15) is 0 Å². The van der Waals surface area contributed by atoms with Gasteiger partial charge < -0.3 is 15.4 Å². The molecule has 0 saturated heterocycles. The first kappa shape index (κ1) is 17.2. The number of methoxy groups -OCH3 is 1. The summed E-state index contributed by atoms with van der Waals surface area (Å²) in [5.74, 6) is -0.902. The van der Waals surface area contributed by atoms with Crippen LogP contribution in [0.25, 0.3) is 0 Å². The summed E-state index contributed by atoms with van der Waals surface area (Å²) in [7, 11) is 1.29. The number of aromatic nitrogens is 1. The molecule has 6 nitrogen and oxygen atoms in total. The lowest BCUT2D eigenvalue weighted by molar-refractivity contribution is 0.102. The molecule has 25 heavy (non-hydrogen) atoms. The first-order chi connectivity index (χ1) is 12.0. The van der Waals surface area contributed by atoms with Gasteiger partial charge in [0.2, 0.25) is 0 Å². The van der Waals surface area contributed by atoms with Crippen LogP contribution >= 0.6 is 11.6 Å². The molecule has 2 N–H and O–H groups in total. The number of amides is 2. The molecular weight excluding hydrogens is 349 g/mol. The fraction of sp³-hybridized carbons (Fsp3) is 0.235. The Balaban J connectivity index is 1.82. The van der Waals surface area contributed by atoms with Crippen molar-refractivity contribution in [1.29, 1.82) is 0 Å². The largest absolute Gasteiger partial charge is 0.453 e. The smallest absolute Gasteiger partial charge is 0.407 e. The average Bonchev–Trinajstić information content (AvgIpc) is 3.01. The number of hydrogen-bond donors (Lipinski definition) is 2. The number of anilines is 1. The van der Waals surface area contributed by atoms with E-state index in [0.29, 0.717) is 29.8 Å². The normalized spacial score (nSPS) is 15.4. The number of rotatable bonds is 3. The van der Waals surface area contributed by atoms with Crippen molar-refractivity contribution in [2.75, 3.05) is 12.4 Å². The van der Waals surface area contributed by atoms with Crippen LogP contribution in [0.2, 0.25) is 5.02 Å². The summed E-state index contributed by atoms with van der Waals surface area (Å²) in [6, 6.07) is 5.28. The highest BCUT2D eigenvalue weighted by atomic mass is 35.5. The maximum Gasteiger partial charge on any atom is 0.407 e. The Morgan fingerprint density at radius 1 is 1.36 bits per heavy atom. The molecule has 1 aromatic carbocycles. The van der Waals surface area contributed by atoms with Crippen LogP contribution in [-0.2, 0) is 11.2 Å². The van der Waals surface area contributed by atoms with E-state index in [4.69, 9.17) is 11.6 Å². The summed E-state index contributed by atoms with van der Waals surface area (Å²) < 4.78 is 17.8. The Hall–Kier alpha value is -2.67. The van der Waals surface area contributed by atoms with Gasteiger partial charge >= 0.3 is 6.09 Å². The predicted octanol–water partition coefficient (Wildman–Crippen LogP) is 3.47. The van der Waals surface area contributed by atoms with Gasteiger partial charge in [0.05, 0.1) is 23.9 Å². The Bertz CT molecular complexity index is 844. The van der Waals surface area contributed by atoms with Gasteiger partial charge in [0, 0.05) is 17.4 Å². The minimum atomic E-state index is -0.554. The van der Waals surface area contributed by atoms with E-state index >= 15 is 0 Å². The number of pyridine rings is 1. The third-order valence-electron chi connectivity index (χ3n) is 4.00. The molecule has 0 saturated carbocycles. The number of hydrogen-bond acceptors (Lipinski definition) is 4. The zero-order valence-corrected chi connectivity index (χ0v) is 14.1. The highest BCUT2D eigenvalue weighted by Gasteiger charge is 2.29. The zero-order chi connectivity index (χ0) is 18.0. The molecule has 0 fully saturated rings. The van der Waals surface area contributed by atoms with E-state index in [1.165, 1.54) is 31.5 Å². The van der Waals surface area contributed by atoms with Crippen molar-refractivity contribution in [3.8, 4) is 0 Å². The number of nitrogens with zero attached hydrogens (tertiary/aromatic N) is 1. The summed E-state index contributed by atoms with van der Waals surface area (Å²) in [6.45, 7) is 0. The lowest BCUT2D eigenvalue weighted by Gasteiger charge is -2.13. The number of nitrogens with one attached hydrogen (secondary N) is 2. The van der Waals surface area contributed by atoms with Crippen LogP contribution in [-0.4, -0.2) is 24.1 Å². The summed E-state index contributed by atoms with van der Waals surface area (Å²) in [4.78, 5) is 28.3. The number of halogens is 2. The van der Waals surface area contributed by atoms with Crippen LogP contribution in [0.5, 0.6) is 0 Å². The van der Waals surface area contributed by atoms with Gasteiger partial charge in [-0.15, -0.1) is 0 Å². The van der Waals surface area contributed by atoms with E-state index in [0.717, 1.165) is 5.56 Å². The predicted molar refractivity (Wildman–Crippen MR) is 90.2 cm³/mol. The van der Waals surface area contributed by atoms with Gasteiger partial charge in [-0.05, 0) is 42.7 Å². The number of benzene rings is 1. The van der Waals surface area contributed by atoms with Crippen molar-refractivity contribution >= 4 is 29.3 Å². The third-order valence-corrected chi connectivity index (χ3v) is 4.29. The van der Waals surface area contributed by atoms with Crippen LogP contribution in [0.1, 0.15) is 34.1 Å². The molecule has 3 rings (SSSR count). The molecular formula is C17H15ClFN3O3. The van der Waals surface area contributed by atoms with Gasteiger partial charge in [-0.3, -0.25) is 9.78 Å². The molecule has 1 aliphatic carbocycles. The van der Waals surface area contributed by atoms with Crippen LogP contribution in [0.15, 0.2) is 30.5 Å². The van der Waals surface area contributed by atoms with Crippen molar-refractivity contribution in [1.82, 2.24) is 10.3 Å². The second kappa shape index (κ2) is 7.06. The molecule has 130 valence electrons. The van der Waals surface area contributed by atoms with E-state index in [9.17, 15) is 14.0 Å². The van der Waals surface area contributed by atoms with E-state index in [2.05, 4.69) is 20.4 Å². The Labute approximate surface area is 148 Å². The SMILES string of the molecule is COC(=O)NC1CCc2c(C(=O)Nc3ccc(F)c(Cl)c3)ccnc21. The minimum absolute atomic E-state index is 0.0694. The summed E-state index contributed by atoms with van der Waals surface area (Å²) in [5, 5.41) is 5.32. The van der Waals surface area contributed by atoms with E-state index in [1.807, 2.05) is 0 Å². The van der Waals surface area contributed by atoms with Crippen LogP contribution < -0.4 is 10.6 Å². The van der Waals surface area contributed by atoms with Crippen LogP contribution in [0.4, 0.5) is 14.9 Å². The van der Waals surface area contributed by atoms with Gasteiger partial charge in [0.1, 0.15) is 5.82 Å². The third kappa shape index (κ3) is 3.56. The summed E-state index contributed by atoms with van der Waals surface area (Å²) in [5.41, 5.74) is 2.27. The molecule has 2 amide bonds. The summed E-state index contributed by atoms with van der Waals surface area (Å²) in [6.07, 6.45) is 2.20. The van der Waals surface area contributed by atoms with E-state index in [1.54, 1.807) is 6.07 Å². The second-order valence-electron chi connectivity index (χ2n) is 5.53. The number of carbonyl (C=O) groups excluding carboxylic acids is 2. The molecule has 2 aromatic rings. The zero-order valence-electron chi connectivity index (χ0n) is 13.3. The number of carbonyl (C=O) groups is 2. The highest BCUT2D eigenvalue weighted by molar-refractivity contribution is 6.31.